The number of carbonyl (C=O) groups is 1. The second-order valence-electron chi connectivity index (χ2n) is 1.33. The summed E-state index contributed by atoms with van der Waals surface area (Å²) in [5.74, 6) is -1.01. The number of hydrogen-bond acceptors (Lipinski definition) is 1. The second-order valence-corrected chi connectivity index (χ2v) is 8.54. The lowest BCUT2D eigenvalue weighted by Crippen LogP contribution is -2.13. The molecule has 0 saturated carbocycles. The van der Waals surface area contributed by atoms with Gasteiger partial charge in [0, 0.05) is 0 Å². The highest BCUT2D eigenvalue weighted by molar-refractivity contribution is 9.39. The number of alkyl halides is 3. The van der Waals surface area contributed by atoms with Gasteiger partial charge < -0.3 is 5.11 Å². The summed E-state index contributed by atoms with van der Waals surface area (Å²) < 4.78 is -0.859. The zero-order chi connectivity index (χ0) is 8.36. The molecule has 2 nitrogen and oxygen atoms in total. The highest BCUT2D eigenvalue weighted by Gasteiger charge is 2.28. The first kappa shape index (κ1) is 11.1. The quantitative estimate of drug-likeness (QED) is 0.541. The van der Waals surface area contributed by atoms with Gasteiger partial charge >= 0.3 is 5.97 Å². The average Bonchev–Trinajstić information content (AvgIpc) is 1.60. The van der Waals surface area contributed by atoms with Crippen LogP contribution < -0.4 is 0 Å². The van der Waals surface area contributed by atoms with Gasteiger partial charge in [-0.05, 0) is 4.99 Å². The molecule has 0 fully saturated rings. The first-order valence-corrected chi connectivity index (χ1v) is 5.30. The van der Waals surface area contributed by atoms with Crippen LogP contribution in [0, 0.1) is 0 Å². The van der Waals surface area contributed by atoms with Crippen LogP contribution in [0.25, 0.3) is 0 Å². The predicted molar refractivity (Wildman–Crippen MR) is 54.2 cm³/mol. The molecule has 58 valence electrons. The molecule has 6 heteroatoms. The fraction of sp³-hybridized carbons (Fsp3) is 0.250. The Morgan fingerprint density at radius 2 is 1.80 bits per heavy atom. The van der Waals surface area contributed by atoms with E-state index in [4.69, 9.17) is 5.11 Å². The van der Waals surface area contributed by atoms with Crippen LogP contribution in [0.2, 0.25) is 0 Å². The molecule has 10 heavy (non-hydrogen) atoms. The molecule has 0 aliphatic carbocycles. The fourth-order valence-electron chi connectivity index (χ4n) is 0.230. The minimum atomic E-state index is -1.01. The van der Waals surface area contributed by atoms with Crippen molar-refractivity contribution in [2.24, 2.45) is 0 Å². The Hall–Kier alpha value is 1.13. The molecule has 1 N–H and O–H groups in total. The molecule has 0 aliphatic heterocycles. The molecular formula is C4H2Br4O2. The summed E-state index contributed by atoms with van der Waals surface area (Å²) in [5, 5.41) is 8.52. The molecule has 0 aliphatic rings. The number of hydrogen-bond donors (Lipinski definition) is 1. The Balaban J connectivity index is 4.56. The molecule has 0 unspecified atom stereocenters. The van der Waals surface area contributed by atoms with Crippen LogP contribution in [0.4, 0.5) is 0 Å². The summed E-state index contributed by atoms with van der Waals surface area (Å²) in [4.78, 5) is 11.7. The maximum absolute atomic E-state index is 10.4. The monoisotopic (exact) mass is 398 g/mol. The largest absolute Gasteiger partial charge is 0.478 e. The third-order valence-electron chi connectivity index (χ3n) is 0.645. The Kier molecular flexibility index (Phi) is 4.71. The standard InChI is InChI=1S/C4H2Br4O2/c5-1-2(3(9)10)4(6,7)8/h1H,(H,9,10). The minimum Gasteiger partial charge on any atom is -0.478 e. The van der Waals surface area contributed by atoms with E-state index in [0.717, 1.165) is 0 Å². The molecule has 0 amide bonds. The molecule has 0 aromatic carbocycles. The van der Waals surface area contributed by atoms with Crippen molar-refractivity contribution in [1.29, 1.82) is 0 Å². The van der Waals surface area contributed by atoms with E-state index in [-0.39, 0.29) is 5.57 Å². The van der Waals surface area contributed by atoms with E-state index in [2.05, 4.69) is 63.7 Å². The van der Waals surface area contributed by atoms with Gasteiger partial charge in [-0.2, -0.15) is 0 Å². The molecule has 0 aromatic rings. The van der Waals surface area contributed by atoms with Gasteiger partial charge in [-0.3, -0.25) is 0 Å². The summed E-state index contributed by atoms with van der Waals surface area (Å²) in [6, 6.07) is 0. The van der Waals surface area contributed by atoms with Gasteiger partial charge in [0.2, 0.25) is 0 Å². The normalized spacial score (nSPS) is 13.4. The lowest BCUT2D eigenvalue weighted by molar-refractivity contribution is -0.132. The second kappa shape index (κ2) is 4.23. The van der Waals surface area contributed by atoms with E-state index >= 15 is 0 Å². The van der Waals surface area contributed by atoms with E-state index < -0.39 is 8.11 Å². The van der Waals surface area contributed by atoms with E-state index in [9.17, 15) is 4.79 Å². The van der Waals surface area contributed by atoms with Crippen LogP contribution in [0.5, 0.6) is 0 Å². The van der Waals surface area contributed by atoms with Crippen molar-refractivity contribution < 1.29 is 9.90 Å². The van der Waals surface area contributed by atoms with Crippen molar-refractivity contribution in [2.75, 3.05) is 0 Å². The van der Waals surface area contributed by atoms with Gasteiger partial charge in [-0.15, -0.1) is 0 Å². The van der Waals surface area contributed by atoms with Crippen LogP contribution in [-0.4, -0.2) is 13.2 Å². The van der Waals surface area contributed by atoms with E-state index in [0.29, 0.717) is 0 Å². The lowest BCUT2D eigenvalue weighted by atomic mass is 10.4. The van der Waals surface area contributed by atoms with Gasteiger partial charge in [0.25, 0.3) is 0 Å². The number of halogens is 4. The third-order valence-corrected chi connectivity index (χ3v) is 2.38. The molecule has 0 aromatic heterocycles. The summed E-state index contributed by atoms with van der Waals surface area (Å²) in [6.45, 7) is 0. The molecule has 0 saturated heterocycles. The third kappa shape index (κ3) is 3.50. The average molecular weight is 402 g/mol. The highest BCUT2D eigenvalue weighted by Crippen LogP contribution is 2.41. The first-order chi connectivity index (χ1) is 4.39. The molecule has 0 bridgehead atoms. The molecule has 0 rings (SSSR count). The molecule has 0 atom stereocenters. The van der Waals surface area contributed by atoms with Crippen molar-refractivity contribution in [3.8, 4) is 0 Å². The van der Waals surface area contributed by atoms with E-state index in [1.165, 1.54) is 4.99 Å². The summed E-state index contributed by atoms with van der Waals surface area (Å²) in [7, 11) is 0. The van der Waals surface area contributed by atoms with Gasteiger partial charge in [0.15, 0.2) is 2.14 Å². The van der Waals surface area contributed by atoms with E-state index in [1.807, 2.05) is 0 Å². The number of aliphatic carboxylic acids is 1. The lowest BCUT2D eigenvalue weighted by Gasteiger charge is -2.10. The van der Waals surface area contributed by atoms with Crippen LogP contribution in [0.1, 0.15) is 0 Å². The maximum atomic E-state index is 10.4. The van der Waals surface area contributed by atoms with Gasteiger partial charge in [-0.25, -0.2) is 4.79 Å². The first-order valence-electron chi connectivity index (χ1n) is 2.00. The Morgan fingerprint density at radius 1 is 1.40 bits per heavy atom. The summed E-state index contributed by atoms with van der Waals surface area (Å²) in [6.07, 6.45) is 0. The van der Waals surface area contributed by atoms with Crippen molar-refractivity contribution >= 4 is 69.7 Å². The Morgan fingerprint density at radius 3 is 1.80 bits per heavy atom. The van der Waals surface area contributed by atoms with Gasteiger partial charge in [0.1, 0.15) is 0 Å². The van der Waals surface area contributed by atoms with Crippen molar-refractivity contribution in [3.05, 3.63) is 10.6 Å². The van der Waals surface area contributed by atoms with Crippen LogP contribution >= 0.6 is 63.7 Å². The van der Waals surface area contributed by atoms with Crippen LogP contribution in [-0.2, 0) is 4.79 Å². The van der Waals surface area contributed by atoms with E-state index in [1.54, 1.807) is 0 Å². The van der Waals surface area contributed by atoms with Crippen LogP contribution in [0.3, 0.4) is 0 Å². The molecular weight excluding hydrogens is 400 g/mol. The van der Waals surface area contributed by atoms with Gasteiger partial charge in [0.05, 0.1) is 5.57 Å². The van der Waals surface area contributed by atoms with Crippen molar-refractivity contribution in [1.82, 2.24) is 0 Å². The molecule has 0 heterocycles. The number of rotatable bonds is 1. The minimum absolute atomic E-state index is 0.132. The number of carboxylic acids is 1. The molecule has 0 spiro atoms. The maximum Gasteiger partial charge on any atom is 0.335 e. The predicted octanol–water partition coefficient (Wildman–Crippen LogP) is 3.19. The topological polar surface area (TPSA) is 37.3 Å². The zero-order valence-electron chi connectivity index (χ0n) is 4.44. The number of carboxylic acid groups (broad SMARTS) is 1. The Labute approximate surface area is 91.6 Å². The Bertz CT molecular complexity index is 169. The zero-order valence-corrected chi connectivity index (χ0v) is 10.8. The van der Waals surface area contributed by atoms with Crippen molar-refractivity contribution in [2.45, 2.75) is 2.14 Å². The summed E-state index contributed by atoms with van der Waals surface area (Å²) in [5.41, 5.74) is 0.132. The molecule has 0 radical (unpaired) electrons. The van der Waals surface area contributed by atoms with Gasteiger partial charge in [-0.1, -0.05) is 63.7 Å². The fourth-order valence-corrected chi connectivity index (χ4v) is 2.54. The highest BCUT2D eigenvalue weighted by atomic mass is 80.0. The smallest absolute Gasteiger partial charge is 0.335 e. The van der Waals surface area contributed by atoms with Crippen molar-refractivity contribution in [3.63, 3.8) is 0 Å². The summed E-state index contributed by atoms with van der Waals surface area (Å²) >= 11 is 12.1. The SMILES string of the molecule is O=C(O)C(=CBr)C(Br)(Br)Br. The van der Waals surface area contributed by atoms with Crippen LogP contribution in [0.15, 0.2) is 10.6 Å².